The maximum absolute atomic E-state index is 12.5. The van der Waals surface area contributed by atoms with Gasteiger partial charge in [-0.05, 0) is 24.3 Å². The van der Waals surface area contributed by atoms with Crippen molar-refractivity contribution in [2.75, 3.05) is 12.4 Å². The monoisotopic (exact) mass is 362 g/mol. The number of amides is 1. The van der Waals surface area contributed by atoms with Crippen molar-refractivity contribution in [1.82, 2.24) is 0 Å². The molecule has 0 aliphatic carbocycles. The zero-order valence-electron chi connectivity index (χ0n) is 12.4. The Hall–Kier alpha value is -2.64. The molecule has 24 heavy (non-hydrogen) atoms. The minimum atomic E-state index is -0.486. The molecule has 0 radical (unpaired) electrons. The van der Waals surface area contributed by atoms with Gasteiger partial charge in [0.2, 0.25) is 0 Å². The van der Waals surface area contributed by atoms with Gasteiger partial charge in [-0.1, -0.05) is 23.7 Å². The van der Waals surface area contributed by atoms with Crippen LogP contribution in [-0.4, -0.2) is 17.9 Å². The summed E-state index contributed by atoms with van der Waals surface area (Å²) in [6.07, 6.45) is 0. The minimum Gasteiger partial charge on any atom is -0.497 e. The molecule has 1 aromatic heterocycles. The van der Waals surface area contributed by atoms with E-state index in [-0.39, 0.29) is 15.6 Å². The largest absolute Gasteiger partial charge is 0.497 e. The number of anilines is 1. The van der Waals surface area contributed by atoms with E-state index in [4.69, 9.17) is 16.3 Å². The van der Waals surface area contributed by atoms with Crippen LogP contribution in [0.3, 0.4) is 0 Å². The second-order valence-electron chi connectivity index (χ2n) is 4.84. The Morgan fingerprint density at radius 3 is 2.58 bits per heavy atom. The molecule has 0 fully saturated rings. The minimum absolute atomic E-state index is 0.0668. The highest BCUT2D eigenvalue weighted by Gasteiger charge is 2.22. The summed E-state index contributed by atoms with van der Waals surface area (Å²) in [4.78, 5) is 23.3. The number of rotatable bonds is 4. The summed E-state index contributed by atoms with van der Waals surface area (Å²) in [6.45, 7) is 0. The molecule has 0 spiro atoms. The van der Waals surface area contributed by atoms with E-state index in [0.717, 1.165) is 11.3 Å². The van der Waals surface area contributed by atoms with Crippen molar-refractivity contribution in [3.63, 3.8) is 0 Å². The zero-order valence-corrected chi connectivity index (χ0v) is 14.0. The number of nitro benzene ring substituents is 1. The lowest BCUT2D eigenvalue weighted by atomic mass is 10.2. The van der Waals surface area contributed by atoms with E-state index in [0.29, 0.717) is 21.5 Å². The number of hydrogen-bond acceptors (Lipinski definition) is 5. The average molecular weight is 363 g/mol. The predicted molar refractivity (Wildman–Crippen MR) is 94.4 cm³/mol. The van der Waals surface area contributed by atoms with Gasteiger partial charge >= 0.3 is 0 Å². The van der Waals surface area contributed by atoms with E-state index in [1.165, 1.54) is 6.07 Å². The molecule has 3 rings (SSSR count). The van der Waals surface area contributed by atoms with Crippen molar-refractivity contribution in [1.29, 1.82) is 0 Å². The van der Waals surface area contributed by atoms with Gasteiger partial charge in [0.05, 0.1) is 17.1 Å². The summed E-state index contributed by atoms with van der Waals surface area (Å²) in [5.74, 6) is 0.254. The zero-order chi connectivity index (χ0) is 17.3. The average Bonchev–Trinajstić information content (AvgIpc) is 2.92. The first-order valence-electron chi connectivity index (χ1n) is 6.82. The van der Waals surface area contributed by atoms with Gasteiger partial charge < -0.3 is 10.1 Å². The van der Waals surface area contributed by atoms with Crippen LogP contribution in [0.5, 0.6) is 5.75 Å². The lowest BCUT2D eigenvalue weighted by molar-refractivity contribution is -0.382. The number of non-ortho nitro benzene ring substituents is 1. The normalized spacial score (nSPS) is 10.6. The van der Waals surface area contributed by atoms with Gasteiger partial charge in [0.15, 0.2) is 0 Å². The SMILES string of the molecule is COc1ccc(NC(=O)c2sc3c([N+](=O)[O-])cccc3c2Cl)cc1. The number of nitro groups is 1. The van der Waals surface area contributed by atoms with Crippen molar-refractivity contribution in [2.24, 2.45) is 0 Å². The van der Waals surface area contributed by atoms with Crippen LogP contribution in [0, 0.1) is 10.1 Å². The number of thiophene rings is 1. The Morgan fingerprint density at radius 1 is 1.25 bits per heavy atom. The van der Waals surface area contributed by atoms with Crippen LogP contribution < -0.4 is 10.1 Å². The van der Waals surface area contributed by atoms with Crippen molar-refractivity contribution >= 4 is 50.3 Å². The maximum Gasteiger partial charge on any atom is 0.287 e. The lowest BCUT2D eigenvalue weighted by Crippen LogP contribution is -2.10. The lowest BCUT2D eigenvalue weighted by Gasteiger charge is -2.05. The summed E-state index contributed by atoms with van der Waals surface area (Å²) >= 11 is 7.25. The fourth-order valence-electron chi connectivity index (χ4n) is 2.23. The maximum atomic E-state index is 12.5. The van der Waals surface area contributed by atoms with Crippen molar-refractivity contribution < 1.29 is 14.5 Å². The number of halogens is 1. The van der Waals surface area contributed by atoms with Crippen molar-refractivity contribution in [3.05, 3.63) is 62.5 Å². The molecule has 1 heterocycles. The van der Waals surface area contributed by atoms with Crippen LogP contribution in [0.15, 0.2) is 42.5 Å². The number of ether oxygens (including phenoxy) is 1. The molecule has 3 aromatic rings. The summed E-state index contributed by atoms with van der Waals surface area (Å²) in [5, 5.41) is 14.5. The van der Waals surface area contributed by atoms with Crippen LogP contribution >= 0.6 is 22.9 Å². The molecule has 1 N–H and O–H groups in total. The van der Waals surface area contributed by atoms with Gasteiger partial charge in [-0.15, -0.1) is 11.3 Å². The van der Waals surface area contributed by atoms with Gasteiger partial charge in [-0.3, -0.25) is 14.9 Å². The number of fused-ring (bicyclic) bond motifs is 1. The number of hydrogen-bond donors (Lipinski definition) is 1. The third kappa shape index (κ3) is 2.91. The molecular formula is C16H11ClN2O4S. The third-order valence-electron chi connectivity index (χ3n) is 3.39. The number of benzene rings is 2. The molecule has 0 aliphatic rings. The molecule has 122 valence electrons. The molecule has 6 nitrogen and oxygen atoms in total. The van der Waals surface area contributed by atoms with E-state index in [2.05, 4.69) is 5.32 Å². The second-order valence-corrected chi connectivity index (χ2v) is 6.24. The first kappa shape index (κ1) is 16.2. The number of nitrogens with zero attached hydrogens (tertiary/aromatic N) is 1. The molecule has 0 saturated heterocycles. The predicted octanol–water partition coefficient (Wildman–Crippen LogP) is 4.72. The Balaban J connectivity index is 1.96. The topological polar surface area (TPSA) is 81.5 Å². The molecule has 0 bridgehead atoms. The summed E-state index contributed by atoms with van der Waals surface area (Å²) < 4.78 is 5.44. The summed E-state index contributed by atoms with van der Waals surface area (Å²) in [6, 6.07) is 11.4. The van der Waals surface area contributed by atoms with E-state index in [1.807, 2.05) is 0 Å². The van der Waals surface area contributed by atoms with Gasteiger partial charge in [-0.2, -0.15) is 0 Å². The van der Waals surface area contributed by atoms with Crippen LogP contribution in [-0.2, 0) is 0 Å². The Bertz CT molecular complexity index is 937. The smallest absolute Gasteiger partial charge is 0.287 e. The van der Waals surface area contributed by atoms with Gasteiger partial charge in [0.25, 0.3) is 11.6 Å². The molecule has 8 heteroatoms. The molecule has 0 unspecified atom stereocenters. The number of carbonyl (C=O) groups excluding carboxylic acids is 1. The first-order valence-corrected chi connectivity index (χ1v) is 8.01. The highest BCUT2D eigenvalue weighted by Crippen LogP contribution is 2.40. The summed E-state index contributed by atoms with van der Waals surface area (Å²) in [7, 11) is 1.55. The fourth-order valence-corrected chi connectivity index (χ4v) is 3.72. The summed E-state index contributed by atoms with van der Waals surface area (Å²) in [5.41, 5.74) is 0.506. The first-order chi connectivity index (χ1) is 11.5. The van der Waals surface area contributed by atoms with Crippen molar-refractivity contribution in [3.8, 4) is 5.75 Å². The second kappa shape index (κ2) is 6.46. The van der Waals surface area contributed by atoms with E-state index < -0.39 is 10.8 Å². The highest BCUT2D eigenvalue weighted by molar-refractivity contribution is 7.22. The standard InChI is InChI=1S/C16H11ClN2O4S/c1-23-10-7-5-9(6-8-10)18-16(20)15-13(17)11-3-2-4-12(19(21)22)14(11)24-15/h2-8H,1H3,(H,18,20). The van der Waals surface area contributed by atoms with Crippen LogP contribution in [0.25, 0.3) is 10.1 Å². The number of methoxy groups -OCH3 is 1. The Kier molecular flexibility index (Phi) is 4.37. The molecule has 1 amide bonds. The van der Waals surface area contributed by atoms with E-state index in [1.54, 1.807) is 43.5 Å². The third-order valence-corrected chi connectivity index (χ3v) is 5.12. The quantitative estimate of drug-likeness (QED) is 0.537. The molecule has 0 aliphatic heterocycles. The Morgan fingerprint density at radius 2 is 1.96 bits per heavy atom. The fraction of sp³-hybridized carbons (Fsp3) is 0.0625. The number of carbonyl (C=O) groups is 1. The van der Waals surface area contributed by atoms with Crippen LogP contribution in [0.1, 0.15) is 9.67 Å². The van der Waals surface area contributed by atoms with Gasteiger partial charge in [-0.25, -0.2) is 0 Å². The van der Waals surface area contributed by atoms with Crippen LogP contribution in [0.4, 0.5) is 11.4 Å². The van der Waals surface area contributed by atoms with E-state index in [9.17, 15) is 14.9 Å². The van der Waals surface area contributed by atoms with Crippen LogP contribution in [0.2, 0.25) is 5.02 Å². The van der Waals surface area contributed by atoms with Gasteiger partial charge in [0.1, 0.15) is 15.3 Å². The van der Waals surface area contributed by atoms with E-state index >= 15 is 0 Å². The number of nitrogens with one attached hydrogen (secondary N) is 1. The molecular weight excluding hydrogens is 352 g/mol. The van der Waals surface area contributed by atoms with Gasteiger partial charge in [0, 0.05) is 17.1 Å². The van der Waals surface area contributed by atoms with Crippen molar-refractivity contribution in [2.45, 2.75) is 0 Å². The highest BCUT2D eigenvalue weighted by atomic mass is 35.5. The Labute approximate surface area is 145 Å². The molecule has 2 aromatic carbocycles. The molecule has 0 saturated carbocycles. The molecule has 0 atom stereocenters.